The Morgan fingerprint density at radius 3 is 2.55 bits per heavy atom. The summed E-state index contributed by atoms with van der Waals surface area (Å²) in [7, 11) is 0.945. The van der Waals surface area contributed by atoms with E-state index in [9.17, 15) is 19.8 Å². The standard InChI is InChI=1S/C18H19BN3O7/c23-16-10(3-4-19-28)1-2-13(14(16)17(24)25)29-11-7-22(8-11)9-12-15(18(26)27)21-6-5-20-12/h1-2,5-6,11,23,28H,3-4,7-9H2,(H,24,25)(H,26,27). The van der Waals surface area contributed by atoms with E-state index in [1.165, 1.54) is 18.5 Å². The molecule has 151 valence electrons. The first-order valence-electron chi connectivity index (χ1n) is 8.87. The lowest BCUT2D eigenvalue weighted by Gasteiger charge is -2.39. The van der Waals surface area contributed by atoms with Crippen LogP contribution in [0.1, 0.15) is 32.1 Å². The number of aromatic carboxylic acids is 2. The molecule has 1 saturated heterocycles. The van der Waals surface area contributed by atoms with E-state index < -0.39 is 11.9 Å². The van der Waals surface area contributed by atoms with Crippen molar-refractivity contribution < 1.29 is 34.7 Å². The molecule has 0 atom stereocenters. The highest BCUT2D eigenvalue weighted by Gasteiger charge is 2.32. The fraction of sp³-hybridized carbons (Fsp3) is 0.333. The van der Waals surface area contributed by atoms with Gasteiger partial charge in [0.1, 0.15) is 23.2 Å². The van der Waals surface area contributed by atoms with Gasteiger partial charge in [-0.3, -0.25) is 9.88 Å². The lowest BCUT2D eigenvalue weighted by molar-refractivity contribution is 0.0124. The maximum absolute atomic E-state index is 11.6. The molecule has 1 aliphatic heterocycles. The zero-order chi connectivity index (χ0) is 21.0. The van der Waals surface area contributed by atoms with Crippen molar-refractivity contribution in [2.45, 2.75) is 25.4 Å². The molecule has 1 aromatic heterocycles. The van der Waals surface area contributed by atoms with Crippen LogP contribution >= 0.6 is 0 Å². The Bertz CT molecular complexity index is 918. The number of hydrogen-bond acceptors (Lipinski definition) is 8. The monoisotopic (exact) mass is 400 g/mol. The smallest absolute Gasteiger partial charge is 0.356 e. The fourth-order valence-electron chi connectivity index (χ4n) is 3.12. The predicted molar refractivity (Wildman–Crippen MR) is 100 cm³/mol. The number of likely N-dealkylation sites (tertiary alicyclic amines) is 1. The third-order valence-corrected chi connectivity index (χ3v) is 4.55. The summed E-state index contributed by atoms with van der Waals surface area (Å²) in [5.41, 5.74) is 0.318. The molecule has 1 aliphatic rings. The number of nitrogens with zero attached hydrogens (tertiary/aromatic N) is 3. The largest absolute Gasteiger partial charge is 0.507 e. The number of carbonyl (C=O) groups is 2. The number of aromatic nitrogens is 2. The minimum Gasteiger partial charge on any atom is -0.507 e. The summed E-state index contributed by atoms with van der Waals surface area (Å²) in [6.45, 7) is 1.16. The Morgan fingerprint density at radius 2 is 1.90 bits per heavy atom. The second kappa shape index (κ2) is 8.88. The Labute approximate surface area is 166 Å². The molecule has 0 amide bonds. The Balaban J connectivity index is 1.65. The molecule has 10 nitrogen and oxygen atoms in total. The number of ether oxygens (including phenoxy) is 1. The van der Waals surface area contributed by atoms with Crippen molar-refractivity contribution in [1.29, 1.82) is 0 Å². The van der Waals surface area contributed by atoms with Gasteiger partial charge in [-0.05, 0) is 24.4 Å². The van der Waals surface area contributed by atoms with Gasteiger partial charge in [-0.15, -0.1) is 0 Å². The van der Waals surface area contributed by atoms with Crippen LogP contribution in [0, 0.1) is 0 Å². The van der Waals surface area contributed by atoms with Gasteiger partial charge >= 0.3 is 11.9 Å². The molecule has 0 bridgehead atoms. The number of carboxylic acids is 2. The molecule has 0 unspecified atom stereocenters. The second-order valence-corrected chi connectivity index (χ2v) is 6.56. The first-order chi connectivity index (χ1) is 13.9. The first kappa shape index (κ1) is 20.6. The number of phenols is 1. The third kappa shape index (κ3) is 4.63. The normalized spacial score (nSPS) is 14.2. The van der Waals surface area contributed by atoms with Gasteiger partial charge in [0, 0.05) is 32.0 Å². The van der Waals surface area contributed by atoms with E-state index in [1.54, 1.807) is 6.07 Å². The lowest BCUT2D eigenvalue weighted by Crippen LogP contribution is -2.53. The molecule has 2 heterocycles. The van der Waals surface area contributed by atoms with Crippen molar-refractivity contribution in [3.63, 3.8) is 0 Å². The number of rotatable bonds is 9. The zero-order valence-corrected chi connectivity index (χ0v) is 15.4. The summed E-state index contributed by atoms with van der Waals surface area (Å²) < 4.78 is 5.74. The summed E-state index contributed by atoms with van der Waals surface area (Å²) in [6.07, 6.45) is 3.01. The highest BCUT2D eigenvalue weighted by molar-refractivity contribution is 6.25. The topological polar surface area (TPSA) is 153 Å². The van der Waals surface area contributed by atoms with Gasteiger partial charge in [0.05, 0.1) is 5.69 Å². The van der Waals surface area contributed by atoms with Gasteiger partial charge in [-0.1, -0.05) is 6.07 Å². The first-order valence-corrected chi connectivity index (χ1v) is 8.87. The molecule has 0 aliphatic carbocycles. The van der Waals surface area contributed by atoms with Crippen LogP contribution in [-0.4, -0.2) is 73.8 Å². The average molecular weight is 400 g/mol. The molecule has 0 spiro atoms. The van der Waals surface area contributed by atoms with E-state index in [-0.39, 0.29) is 41.7 Å². The van der Waals surface area contributed by atoms with Crippen LogP contribution in [0.2, 0.25) is 6.32 Å². The number of carboxylic acid groups (broad SMARTS) is 2. The van der Waals surface area contributed by atoms with Crippen molar-refractivity contribution in [3.8, 4) is 11.5 Å². The summed E-state index contributed by atoms with van der Waals surface area (Å²) in [6, 6.07) is 3.06. The highest BCUT2D eigenvalue weighted by atomic mass is 16.5. The minimum absolute atomic E-state index is 0.0575. The molecule has 1 aromatic carbocycles. The van der Waals surface area contributed by atoms with Crippen LogP contribution in [0.25, 0.3) is 0 Å². The Morgan fingerprint density at radius 1 is 1.17 bits per heavy atom. The SMILES string of the molecule is O=C(O)c1nccnc1CN1CC(Oc2ccc(CC[B]O)c(O)c2C(=O)O)C1. The molecular formula is C18H19BN3O7. The van der Waals surface area contributed by atoms with Crippen LogP contribution in [0.4, 0.5) is 0 Å². The van der Waals surface area contributed by atoms with Gasteiger partial charge in [0.15, 0.2) is 5.69 Å². The van der Waals surface area contributed by atoms with Crippen molar-refractivity contribution in [3.05, 3.63) is 47.0 Å². The van der Waals surface area contributed by atoms with Gasteiger partial charge in [0.2, 0.25) is 0 Å². The van der Waals surface area contributed by atoms with Gasteiger partial charge in [-0.25, -0.2) is 14.6 Å². The lowest BCUT2D eigenvalue weighted by atomic mass is 9.90. The van der Waals surface area contributed by atoms with E-state index in [2.05, 4.69) is 9.97 Å². The van der Waals surface area contributed by atoms with E-state index in [0.29, 0.717) is 30.8 Å². The number of benzene rings is 1. The Hall–Kier alpha value is -3.18. The van der Waals surface area contributed by atoms with E-state index >= 15 is 0 Å². The Kier molecular flexibility index (Phi) is 6.30. The quantitative estimate of drug-likeness (QED) is 0.435. The van der Waals surface area contributed by atoms with Crippen LogP contribution in [-0.2, 0) is 13.0 Å². The van der Waals surface area contributed by atoms with Crippen molar-refractivity contribution in [2.24, 2.45) is 0 Å². The number of aromatic hydroxyl groups is 1. The van der Waals surface area contributed by atoms with Crippen LogP contribution in [0.15, 0.2) is 24.5 Å². The summed E-state index contributed by atoms with van der Waals surface area (Å²) >= 11 is 0. The average Bonchev–Trinajstić information content (AvgIpc) is 2.65. The summed E-state index contributed by atoms with van der Waals surface area (Å²) in [5.74, 6) is -2.78. The van der Waals surface area contributed by atoms with Crippen LogP contribution in [0.5, 0.6) is 11.5 Å². The summed E-state index contributed by atoms with van der Waals surface area (Å²) in [5, 5.41) is 37.7. The van der Waals surface area contributed by atoms with Gasteiger partial charge < -0.3 is 25.1 Å². The van der Waals surface area contributed by atoms with Gasteiger partial charge in [0.25, 0.3) is 7.48 Å². The van der Waals surface area contributed by atoms with E-state index in [4.69, 9.17) is 14.9 Å². The molecular weight excluding hydrogens is 381 g/mol. The maximum atomic E-state index is 11.6. The van der Waals surface area contributed by atoms with Crippen molar-refractivity contribution in [1.82, 2.24) is 14.9 Å². The molecule has 2 aromatic rings. The zero-order valence-electron chi connectivity index (χ0n) is 15.4. The molecule has 1 fully saturated rings. The van der Waals surface area contributed by atoms with Crippen LogP contribution in [0.3, 0.4) is 0 Å². The van der Waals surface area contributed by atoms with Crippen molar-refractivity contribution >= 4 is 19.4 Å². The van der Waals surface area contributed by atoms with E-state index in [0.717, 1.165) is 7.48 Å². The second-order valence-electron chi connectivity index (χ2n) is 6.56. The highest BCUT2D eigenvalue weighted by Crippen LogP contribution is 2.34. The molecule has 1 radical (unpaired) electrons. The summed E-state index contributed by atoms with van der Waals surface area (Å²) in [4.78, 5) is 32.6. The fourth-order valence-corrected chi connectivity index (χ4v) is 3.12. The molecule has 11 heteroatoms. The third-order valence-electron chi connectivity index (χ3n) is 4.55. The number of aryl methyl sites for hydroxylation is 1. The molecule has 29 heavy (non-hydrogen) atoms. The van der Waals surface area contributed by atoms with E-state index in [1.807, 2.05) is 4.90 Å². The number of hydrogen-bond donors (Lipinski definition) is 4. The van der Waals surface area contributed by atoms with Gasteiger partial charge in [-0.2, -0.15) is 0 Å². The molecule has 0 saturated carbocycles. The van der Waals surface area contributed by atoms with Crippen LogP contribution < -0.4 is 4.74 Å². The predicted octanol–water partition coefficient (Wildman–Crippen LogP) is 0.414. The molecule has 3 rings (SSSR count). The maximum Gasteiger partial charge on any atom is 0.356 e. The van der Waals surface area contributed by atoms with Crippen molar-refractivity contribution in [2.75, 3.05) is 13.1 Å². The minimum atomic E-state index is -1.31. The molecule has 4 N–H and O–H groups in total.